The molecule has 0 spiro atoms. The average molecular weight is 357 g/mol. The fourth-order valence-electron chi connectivity index (χ4n) is 4.57. The van der Waals surface area contributed by atoms with E-state index in [1.54, 1.807) is 0 Å². The molecule has 0 radical (unpaired) electrons. The Balaban J connectivity index is 1.43. The molecule has 2 saturated heterocycles. The van der Waals surface area contributed by atoms with Crippen molar-refractivity contribution in [3.05, 3.63) is 83.4 Å². The van der Waals surface area contributed by atoms with Crippen LogP contribution in [0.15, 0.2) is 72.3 Å². The molecule has 138 valence electrons. The zero-order valence-corrected chi connectivity index (χ0v) is 15.8. The number of piperidine rings is 1. The third-order valence-corrected chi connectivity index (χ3v) is 5.88. The zero-order chi connectivity index (χ0) is 18.5. The molecule has 2 fully saturated rings. The second-order valence-electron chi connectivity index (χ2n) is 7.57. The zero-order valence-electron chi connectivity index (χ0n) is 15.8. The monoisotopic (exact) mass is 357 g/mol. The van der Waals surface area contributed by atoms with Gasteiger partial charge in [0, 0.05) is 12.1 Å². The van der Waals surface area contributed by atoms with Crippen LogP contribution in [0, 0.1) is 12.3 Å². The van der Waals surface area contributed by atoms with Gasteiger partial charge in [0.1, 0.15) is 6.10 Å². The summed E-state index contributed by atoms with van der Waals surface area (Å²) in [6.45, 7) is 1.45. The Kier molecular flexibility index (Phi) is 5.72. The normalized spacial score (nSPS) is 23.6. The second-order valence-corrected chi connectivity index (χ2v) is 7.57. The second kappa shape index (κ2) is 8.57. The topological polar surface area (TPSA) is 12.5 Å². The quantitative estimate of drug-likeness (QED) is 0.534. The van der Waals surface area contributed by atoms with E-state index in [2.05, 4.69) is 65.4 Å². The predicted octanol–water partition coefficient (Wildman–Crippen LogP) is 4.98. The van der Waals surface area contributed by atoms with Gasteiger partial charge < -0.3 is 4.74 Å². The maximum absolute atomic E-state index is 6.36. The van der Waals surface area contributed by atoms with E-state index in [0.717, 1.165) is 19.4 Å². The number of terminal acetylenes is 1. The Hall–Kier alpha value is -2.34. The fraction of sp³-hybridized carbons (Fsp3) is 0.360. The van der Waals surface area contributed by atoms with E-state index in [1.165, 1.54) is 29.5 Å². The summed E-state index contributed by atoms with van der Waals surface area (Å²) >= 11 is 0. The lowest BCUT2D eigenvalue weighted by Crippen LogP contribution is -2.40. The first-order chi connectivity index (χ1) is 13.3. The number of hydrogen-bond donors (Lipinski definition) is 0. The van der Waals surface area contributed by atoms with Crippen molar-refractivity contribution in [1.29, 1.82) is 0 Å². The third-order valence-electron chi connectivity index (χ3n) is 5.88. The summed E-state index contributed by atoms with van der Waals surface area (Å²) in [6.07, 6.45) is 12.7. The Labute approximate surface area is 162 Å². The van der Waals surface area contributed by atoms with Crippen molar-refractivity contribution < 1.29 is 4.74 Å². The molecule has 2 aliphatic rings. The summed E-state index contributed by atoms with van der Waals surface area (Å²) in [7, 11) is 0. The minimum absolute atomic E-state index is 0.0255. The van der Waals surface area contributed by atoms with E-state index in [9.17, 15) is 0 Å². The van der Waals surface area contributed by atoms with Gasteiger partial charge in [-0.15, -0.1) is 6.42 Å². The van der Waals surface area contributed by atoms with Gasteiger partial charge in [-0.25, -0.2) is 0 Å². The Morgan fingerprint density at radius 3 is 2.04 bits per heavy atom. The molecule has 2 heterocycles. The highest BCUT2D eigenvalue weighted by atomic mass is 16.5. The van der Waals surface area contributed by atoms with Gasteiger partial charge in [0.2, 0.25) is 0 Å². The number of fused-ring (bicyclic) bond motifs is 2. The molecular formula is C25H27NO. The van der Waals surface area contributed by atoms with E-state index in [1.807, 2.05) is 12.1 Å². The molecule has 2 aromatic rings. The number of benzene rings is 2. The smallest absolute Gasteiger partial charge is 0.108 e. The summed E-state index contributed by atoms with van der Waals surface area (Å²) < 4.78 is 6.36. The molecule has 2 aromatic carbocycles. The lowest BCUT2D eigenvalue weighted by molar-refractivity contribution is 0.103. The van der Waals surface area contributed by atoms with Crippen LogP contribution in [0.3, 0.4) is 0 Å². The van der Waals surface area contributed by atoms with E-state index in [-0.39, 0.29) is 6.10 Å². The number of ether oxygens (including phenoxy) is 1. The van der Waals surface area contributed by atoms with Crippen LogP contribution >= 0.6 is 0 Å². The van der Waals surface area contributed by atoms with Crippen LogP contribution in [0.5, 0.6) is 0 Å². The first-order valence-corrected chi connectivity index (χ1v) is 9.93. The number of nitrogens with zero attached hydrogens (tertiary/aromatic N) is 1. The molecule has 0 saturated carbocycles. The highest BCUT2D eigenvalue weighted by Crippen LogP contribution is 2.38. The summed E-state index contributed by atoms with van der Waals surface area (Å²) in [5.41, 5.74) is 3.94. The molecule has 0 unspecified atom stereocenters. The van der Waals surface area contributed by atoms with Crippen LogP contribution in [0.1, 0.15) is 42.9 Å². The van der Waals surface area contributed by atoms with Crippen LogP contribution in [0.25, 0.3) is 0 Å². The SMILES string of the molecule is C#CCN1[C@@H]2CC[C@H]1CC(=CCOC(c1ccccc1)c1ccccc1)C2. The number of hydrogen-bond acceptors (Lipinski definition) is 2. The third kappa shape index (κ3) is 4.16. The lowest BCUT2D eigenvalue weighted by atomic mass is 9.96. The number of rotatable bonds is 6. The lowest BCUT2D eigenvalue weighted by Gasteiger charge is -2.34. The van der Waals surface area contributed by atoms with Gasteiger partial charge in [0.15, 0.2) is 0 Å². The van der Waals surface area contributed by atoms with Gasteiger partial charge in [-0.2, -0.15) is 0 Å². The molecule has 0 aromatic heterocycles. The van der Waals surface area contributed by atoms with Crippen LogP contribution in [0.4, 0.5) is 0 Å². The molecule has 0 amide bonds. The van der Waals surface area contributed by atoms with Crippen molar-refractivity contribution >= 4 is 0 Å². The highest BCUT2D eigenvalue weighted by molar-refractivity contribution is 5.30. The summed E-state index contributed by atoms with van der Waals surface area (Å²) in [5.74, 6) is 2.83. The Morgan fingerprint density at radius 1 is 0.963 bits per heavy atom. The molecule has 2 heteroatoms. The highest BCUT2D eigenvalue weighted by Gasteiger charge is 2.37. The molecule has 0 aliphatic carbocycles. The average Bonchev–Trinajstić information content (AvgIpc) is 2.95. The predicted molar refractivity (Wildman–Crippen MR) is 110 cm³/mol. The van der Waals surface area contributed by atoms with Gasteiger partial charge in [0.25, 0.3) is 0 Å². The van der Waals surface area contributed by atoms with E-state index in [4.69, 9.17) is 11.2 Å². The standard InChI is InChI=1S/C25H27NO/c1-2-16-26-23-13-14-24(26)19-20(18-23)15-17-27-25(21-9-5-3-6-10-21)22-11-7-4-8-12-22/h1,3-12,15,23-25H,13-14,16-19H2/t23-,24+. The van der Waals surface area contributed by atoms with Gasteiger partial charge in [0.05, 0.1) is 13.2 Å². The molecule has 0 N–H and O–H groups in total. The minimum Gasteiger partial charge on any atom is -0.365 e. The molecule has 2 aliphatic heterocycles. The van der Waals surface area contributed by atoms with E-state index < -0.39 is 0 Å². The van der Waals surface area contributed by atoms with Crippen LogP contribution in [-0.4, -0.2) is 30.1 Å². The van der Waals surface area contributed by atoms with Crippen LogP contribution in [-0.2, 0) is 4.74 Å². The van der Waals surface area contributed by atoms with Gasteiger partial charge >= 0.3 is 0 Å². The largest absolute Gasteiger partial charge is 0.365 e. The summed E-state index contributed by atoms with van der Waals surface area (Å²) in [5, 5.41) is 0. The first-order valence-electron chi connectivity index (χ1n) is 9.93. The molecule has 2 atom stereocenters. The van der Waals surface area contributed by atoms with Crippen molar-refractivity contribution in [3.63, 3.8) is 0 Å². The fourth-order valence-corrected chi connectivity index (χ4v) is 4.57. The Morgan fingerprint density at radius 2 is 1.52 bits per heavy atom. The van der Waals surface area contributed by atoms with Crippen molar-refractivity contribution in [1.82, 2.24) is 4.90 Å². The van der Waals surface area contributed by atoms with Crippen molar-refractivity contribution in [3.8, 4) is 12.3 Å². The van der Waals surface area contributed by atoms with E-state index >= 15 is 0 Å². The molecular weight excluding hydrogens is 330 g/mol. The van der Waals surface area contributed by atoms with E-state index in [0.29, 0.717) is 18.7 Å². The molecule has 2 nitrogen and oxygen atoms in total. The minimum atomic E-state index is -0.0255. The van der Waals surface area contributed by atoms with Crippen molar-refractivity contribution in [2.45, 2.75) is 43.9 Å². The van der Waals surface area contributed by atoms with Gasteiger partial charge in [-0.3, -0.25) is 4.90 Å². The Bertz CT molecular complexity index is 750. The summed E-state index contributed by atoms with van der Waals surface area (Å²) in [4.78, 5) is 2.52. The summed E-state index contributed by atoms with van der Waals surface area (Å²) in [6, 6.07) is 22.2. The van der Waals surface area contributed by atoms with Crippen molar-refractivity contribution in [2.24, 2.45) is 0 Å². The van der Waals surface area contributed by atoms with Crippen LogP contribution in [0.2, 0.25) is 0 Å². The maximum Gasteiger partial charge on any atom is 0.108 e. The van der Waals surface area contributed by atoms with Crippen LogP contribution < -0.4 is 0 Å². The van der Waals surface area contributed by atoms with Gasteiger partial charge in [-0.1, -0.05) is 78.2 Å². The molecule has 4 rings (SSSR count). The first kappa shape index (κ1) is 18.0. The van der Waals surface area contributed by atoms with Gasteiger partial charge in [-0.05, 0) is 36.8 Å². The van der Waals surface area contributed by atoms with Crippen molar-refractivity contribution in [2.75, 3.05) is 13.2 Å². The molecule has 2 bridgehead atoms. The molecule has 27 heavy (non-hydrogen) atoms. The maximum atomic E-state index is 6.36.